The normalized spacial score (nSPS) is 19.6. The lowest BCUT2D eigenvalue weighted by Crippen LogP contribution is -2.27. The van der Waals surface area contributed by atoms with E-state index in [0.717, 1.165) is 46.7 Å². The summed E-state index contributed by atoms with van der Waals surface area (Å²) >= 11 is 0. The maximum Gasteiger partial charge on any atom is 0.161 e. The molecule has 1 aliphatic carbocycles. The number of H-pyrrole nitrogens is 1. The molecule has 5 heteroatoms. The van der Waals surface area contributed by atoms with E-state index in [4.69, 9.17) is 0 Å². The lowest BCUT2D eigenvalue weighted by atomic mass is 9.78. The van der Waals surface area contributed by atoms with Crippen molar-refractivity contribution < 1.29 is 4.79 Å². The SMILES string of the molecule is Cc1[nH]nc2c1C1=C(C(=O)CCC1)[C@@H](c1ccc(N(C)C)cc1)N2. The van der Waals surface area contributed by atoms with Crippen LogP contribution in [0.3, 0.4) is 0 Å². The molecule has 1 aromatic carbocycles. The number of anilines is 2. The van der Waals surface area contributed by atoms with E-state index in [1.165, 1.54) is 5.57 Å². The van der Waals surface area contributed by atoms with Crippen molar-refractivity contribution in [1.82, 2.24) is 10.2 Å². The summed E-state index contributed by atoms with van der Waals surface area (Å²) < 4.78 is 0. The van der Waals surface area contributed by atoms with Gasteiger partial charge in [-0.3, -0.25) is 9.89 Å². The standard InChI is InChI=1S/C19H22N4O/c1-11-16-14-5-4-6-15(24)17(14)18(20-19(16)22-21-11)12-7-9-13(10-8-12)23(2)3/h7-10,18H,4-6H2,1-3H3,(H2,20,21,22)/t18-/m1/s1. The molecule has 0 radical (unpaired) electrons. The number of nitrogens with one attached hydrogen (secondary N) is 2. The van der Waals surface area contributed by atoms with Crippen LogP contribution in [0, 0.1) is 6.92 Å². The van der Waals surface area contributed by atoms with Crippen LogP contribution in [0.25, 0.3) is 5.57 Å². The molecule has 0 saturated carbocycles. The molecular weight excluding hydrogens is 300 g/mol. The minimum absolute atomic E-state index is 0.112. The molecule has 124 valence electrons. The molecule has 0 saturated heterocycles. The minimum Gasteiger partial charge on any atom is -0.378 e. The van der Waals surface area contributed by atoms with Crippen molar-refractivity contribution >= 4 is 22.9 Å². The van der Waals surface area contributed by atoms with Crippen LogP contribution in [0.1, 0.15) is 42.1 Å². The molecule has 2 aliphatic rings. The second-order valence-electron chi connectivity index (χ2n) is 6.80. The number of aromatic amines is 1. The van der Waals surface area contributed by atoms with Crippen LogP contribution < -0.4 is 10.2 Å². The van der Waals surface area contributed by atoms with Crippen molar-refractivity contribution in [3.63, 3.8) is 0 Å². The second kappa shape index (κ2) is 5.51. The van der Waals surface area contributed by atoms with Gasteiger partial charge in [-0.05, 0) is 43.0 Å². The Hall–Kier alpha value is -2.56. The number of fused-ring (bicyclic) bond motifs is 2. The van der Waals surface area contributed by atoms with Gasteiger partial charge in [-0.2, -0.15) is 5.10 Å². The highest BCUT2D eigenvalue weighted by Crippen LogP contribution is 2.45. The van der Waals surface area contributed by atoms with Crippen LogP contribution in [-0.4, -0.2) is 30.1 Å². The number of rotatable bonds is 2. The van der Waals surface area contributed by atoms with Gasteiger partial charge in [-0.1, -0.05) is 12.1 Å². The highest BCUT2D eigenvalue weighted by Gasteiger charge is 2.36. The van der Waals surface area contributed by atoms with Gasteiger partial charge in [-0.15, -0.1) is 0 Å². The molecule has 0 bridgehead atoms. The maximum atomic E-state index is 12.7. The monoisotopic (exact) mass is 322 g/mol. The smallest absolute Gasteiger partial charge is 0.161 e. The zero-order valence-corrected chi connectivity index (χ0v) is 14.3. The second-order valence-corrected chi connectivity index (χ2v) is 6.80. The molecule has 2 aromatic rings. The molecule has 2 heterocycles. The third kappa shape index (κ3) is 2.23. The van der Waals surface area contributed by atoms with Crippen LogP contribution in [0.4, 0.5) is 11.5 Å². The predicted molar refractivity (Wildman–Crippen MR) is 96.2 cm³/mol. The first-order chi connectivity index (χ1) is 11.6. The Morgan fingerprint density at radius 3 is 2.62 bits per heavy atom. The fraction of sp³-hybridized carbons (Fsp3) is 0.368. The van der Waals surface area contributed by atoms with E-state index in [9.17, 15) is 4.79 Å². The Morgan fingerprint density at radius 2 is 1.92 bits per heavy atom. The summed E-state index contributed by atoms with van der Waals surface area (Å²) in [7, 11) is 4.05. The Morgan fingerprint density at radius 1 is 1.17 bits per heavy atom. The molecule has 1 atom stereocenters. The van der Waals surface area contributed by atoms with Crippen molar-refractivity contribution in [1.29, 1.82) is 0 Å². The average molecular weight is 322 g/mol. The summed E-state index contributed by atoms with van der Waals surface area (Å²) in [6, 6.07) is 8.28. The van der Waals surface area contributed by atoms with E-state index in [1.54, 1.807) is 0 Å². The number of aryl methyl sites for hydroxylation is 1. The van der Waals surface area contributed by atoms with E-state index < -0.39 is 0 Å². The van der Waals surface area contributed by atoms with Gasteiger partial charge in [0.15, 0.2) is 11.6 Å². The molecule has 4 rings (SSSR count). The molecule has 24 heavy (non-hydrogen) atoms. The zero-order chi connectivity index (χ0) is 16.8. The van der Waals surface area contributed by atoms with Gasteiger partial charge in [0.05, 0.1) is 6.04 Å². The van der Waals surface area contributed by atoms with Crippen LogP contribution in [0.2, 0.25) is 0 Å². The molecule has 5 nitrogen and oxygen atoms in total. The quantitative estimate of drug-likeness (QED) is 0.889. The van der Waals surface area contributed by atoms with E-state index in [0.29, 0.717) is 6.42 Å². The van der Waals surface area contributed by atoms with Crippen LogP contribution in [0.15, 0.2) is 29.8 Å². The van der Waals surface area contributed by atoms with Crippen molar-refractivity contribution in [2.45, 2.75) is 32.2 Å². The molecule has 2 N–H and O–H groups in total. The lowest BCUT2D eigenvalue weighted by molar-refractivity contribution is -0.116. The lowest BCUT2D eigenvalue weighted by Gasteiger charge is -2.32. The Bertz CT molecular complexity index is 830. The summed E-state index contributed by atoms with van der Waals surface area (Å²) in [5.41, 5.74) is 6.48. The molecule has 1 aromatic heterocycles. The zero-order valence-electron chi connectivity index (χ0n) is 14.3. The predicted octanol–water partition coefficient (Wildman–Crippen LogP) is 3.46. The van der Waals surface area contributed by atoms with E-state index in [-0.39, 0.29) is 11.8 Å². The highest BCUT2D eigenvalue weighted by molar-refractivity contribution is 6.08. The molecule has 0 unspecified atom stereocenters. The fourth-order valence-electron chi connectivity index (χ4n) is 3.78. The van der Waals surface area contributed by atoms with Gasteiger partial charge >= 0.3 is 0 Å². The Kier molecular flexibility index (Phi) is 3.44. The van der Waals surface area contributed by atoms with Gasteiger partial charge < -0.3 is 10.2 Å². The summed E-state index contributed by atoms with van der Waals surface area (Å²) in [4.78, 5) is 14.8. The summed E-state index contributed by atoms with van der Waals surface area (Å²) in [6.07, 6.45) is 2.51. The molecule has 0 amide bonds. The van der Waals surface area contributed by atoms with Crippen molar-refractivity contribution in [2.75, 3.05) is 24.3 Å². The summed E-state index contributed by atoms with van der Waals surface area (Å²) in [5, 5.41) is 10.9. The first kappa shape index (κ1) is 15.0. The highest BCUT2D eigenvalue weighted by atomic mass is 16.1. The number of carbonyl (C=O) groups excluding carboxylic acids is 1. The average Bonchev–Trinajstić information content (AvgIpc) is 2.96. The fourth-order valence-corrected chi connectivity index (χ4v) is 3.78. The van der Waals surface area contributed by atoms with Gasteiger partial charge in [-0.25, -0.2) is 0 Å². The number of Topliss-reactive ketones (excluding diaryl/α,β-unsaturated/α-hetero) is 1. The van der Waals surface area contributed by atoms with E-state index in [2.05, 4.69) is 44.7 Å². The van der Waals surface area contributed by atoms with Gasteiger partial charge in [0.25, 0.3) is 0 Å². The van der Waals surface area contributed by atoms with E-state index >= 15 is 0 Å². The molecular formula is C19H22N4O. The topological polar surface area (TPSA) is 61.0 Å². The van der Waals surface area contributed by atoms with Gasteiger partial charge in [0.2, 0.25) is 0 Å². The third-order valence-corrected chi connectivity index (χ3v) is 5.02. The van der Waals surface area contributed by atoms with E-state index in [1.807, 2.05) is 21.0 Å². The number of allylic oxidation sites excluding steroid dienone is 1. The number of hydrogen-bond donors (Lipinski definition) is 2. The van der Waals surface area contributed by atoms with Gasteiger partial charge in [0.1, 0.15) is 0 Å². The number of benzene rings is 1. The number of hydrogen-bond acceptors (Lipinski definition) is 4. The Labute approximate surface area is 141 Å². The third-order valence-electron chi connectivity index (χ3n) is 5.02. The molecule has 0 fully saturated rings. The first-order valence-electron chi connectivity index (χ1n) is 8.41. The number of ketones is 1. The van der Waals surface area contributed by atoms with Crippen LogP contribution in [-0.2, 0) is 4.79 Å². The number of nitrogens with zero attached hydrogens (tertiary/aromatic N) is 2. The number of carbonyl (C=O) groups is 1. The largest absolute Gasteiger partial charge is 0.378 e. The summed E-state index contributed by atoms with van der Waals surface area (Å²) in [5.74, 6) is 1.12. The van der Waals surface area contributed by atoms with Crippen LogP contribution in [0.5, 0.6) is 0 Å². The maximum absolute atomic E-state index is 12.7. The Balaban J connectivity index is 1.83. The van der Waals surface area contributed by atoms with Crippen LogP contribution >= 0.6 is 0 Å². The van der Waals surface area contributed by atoms with Crippen molar-refractivity contribution in [2.24, 2.45) is 0 Å². The minimum atomic E-state index is -0.112. The van der Waals surface area contributed by atoms with Gasteiger partial charge in [0, 0.05) is 43.0 Å². The summed E-state index contributed by atoms with van der Waals surface area (Å²) in [6.45, 7) is 2.02. The van der Waals surface area contributed by atoms with Crippen molar-refractivity contribution in [3.8, 4) is 0 Å². The molecule has 0 spiro atoms. The molecule has 1 aliphatic heterocycles. The number of aromatic nitrogens is 2. The first-order valence-corrected chi connectivity index (χ1v) is 8.41. The van der Waals surface area contributed by atoms with Crippen molar-refractivity contribution in [3.05, 3.63) is 46.7 Å².